The van der Waals surface area contributed by atoms with E-state index in [1.807, 2.05) is 11.8 Å². The van der Waals surface area contributed by atoms with Crippen molar-refractivity contribution in [2.45, 2.75) is 42.1 Å². The van der Waals surface area contributed by atoms with E-state index in [1.165, 1.54) is 0 Å². The predicted octanol–water partition coefficient (Wildman–Crippen LogP) is 2.88. The minimum Gasteiger partial charge on any atom is -0.480 e. The molecule has 1 aliphatic rings. The Morgan fingerprint density at radius 1 is 1.08 bits per heavy atom. The average molecular weight is 359 g/mol. The lowest BCUT2D eigenvalue weighted by Gasteiger charge is -2.21. The Bertz CT molecular complexity index is 857. The fourth-order valence-corrected chi connectivity index (χ4v) is 4.42. The highest BCUT2D eigenvalue weighted by molar-refractivity contribution is 7.91. The van der Waals surface area contributed by atoms with Gasteiger partial charge in [-0.15, -0.1) is 0 Å². The van der Waals surface area contributed by atoms with Crippen molar-refractivity contribution >= 4 is 15.8 Å². The highest BCUT2D eigenvalue weighted by Gasteiger charge is 2.30. The topological polar surface area (TPSA) is 74.7 Å². The van der Waals surface area contributed by atoms with Gasteiger partial charge in [-0.25, -0.2) is 8.42 Å². The molecule has 5 nitrogen and oxygen atoms in total. The van der Waals surface area contributed by atoms with Crippen LogP contribution in [0.5, 0.6) is 0 Å². The van der Waals surface area contributed by atoms with Gasteiger partial charge in [0.2, 0.25) is 9.84 Å². The summed E-state index contributed by atoms with van der Waals surface area (Å²) in [5, 5.41) is 9.24. The number of likely N-dealkylation sites (tertiary alicyclic amines) is 1. The van der Waals surface area contributed by atoms with Gasteiger partial charge < -0.3 is 5.11 Å². The molecule has 2 aromatic rings. The largest absolute Gasteiger partial charge is 0.480 e. The van der Waals surface area contributed by atoms with E-state index >= 15 is 0 Å². The van der Waals surface area contributed by atoms with Crippen LogP contribution in [-0.4, -0.2) is 37.0 Å². The number of hydrogen-bond donors (Lipinski definition) is 1. The molecule has 0 aliphatic carbocycles. The Morgan fingerprint density at radius 2 is 1.64 bits per heavy atom. The number of sulfone groups is 1. The number of carbonyl (C=O) groups is 1. The Balaban J connectivity index is 1.78. The molecule has 1 heterocycles. The molecule has 3 rings (SSSR count). The van der Waals surface area contributed by atoms with Crippen LogP contribution in [0.25, 0.3) is 0 Å². The Kier molecular flexibility index (Phi) is 4.92. The van der Waals surface area contributed by atoms with Gasteiger partial charge in [0.15, 0.2) is 0 Å². The van der Waals surface area contributed by atoms with E-state index in [0.717, 1.165) is 24.1 Å². The van der Waals surface area contributed by atoms with Crippen LogP contribution in [0.4, 0.5) is 0 Å². The van der Waals surface area contributed by atoms with Crippen LogP contribution in [0.3, 0.4) is 0 Å². The first-order chi connectivity index (χ1) is 11.9. The number of hydrogen-bond acceptors (Lipinski definition) is 4. The maximum atomic E-state index is 12.7. The third kappa shape index (κ3) is 3.75. The standard InChI is InChI=1S/C19H21NO4S/c1-14-4-8-16(9-5-14)25(23,24)17-10-6-15(7-11-17)13-20-12-2-3-18(20)19(21)22/h4-11,18H,2-3,12-13H2,1H3,(H,21,22)/t18-/m0/s1. The fraction of sp³-hybridized carbons (Fsp3) is 0.316. The molecule has 0 unspecified atom stereocenters. The summed E-state index contributed by atoms with van der Waals surface area (Å²) in [7, 11) is -3.53. The van der Waals surface area contributed by atoms with E-state index in [0.29, 0.717) is 13.0 Å². The van der Waals surface area contributed by atoms with Crippen LogP contribution < -0.4 is 0 Å². The van der Waals surface area contributed by atoms with Crippen LogP contribution >= 0.6 is 0 Å². The molecule has 1 saturated heterocycles. The highest BCUT2D eigenvalue weighted by atomic mass is 32.2. The molecular weight excluding hydrogens is 338 g/mol. The molecule has 0 amide bonds. The molecule has 0 radical (unpaired) electrons. The molecule has 25 heavy (non-hydrogen) atoms. The molecule has 1 atom stereocenters. The molecule has 0 spiro atoms. The van der Waals surface area contributed by atoms with Gasteiger partial charge in [-0.2, -0.15) is 0 Å². The minimum atomic E-state index is -3.53. The van der Waals surface area contributed by atoms with E-state index in [4.69, 9.17) is 0 Å². The second-order valence-corrected chi connectivity index (χ2v) is 8.38. The Hall–Kier alpha value is -2.18. The van der Waals surface area contributed by atoms with Gasteiger partial charge in [0.1, 0.15) is 6.04 Å². The van der Waals surface area contributed by atoms with Gasteiger partial charge in [0.25, 0.3) is 0 Å². The van der Waals surface area contributed by atoms with Crippen molar-refractivity contribution in [3.63, 3.8) is 0 Å². The first kappa shape index (κ1) is 17.6. The second kappa shape index (κ2) is 6.98. The zero-order valence-corrected chi connectivity index (χ0v) is 14.9. The number of carboxylic acids is 1. The van der Waals surface area contributed by atoms with Crippen molar-refractivity contribution in [2.75, 3.05) is 6.54 Å². The van der Waals surface area contributed by atoms with Crippen molar-refractivity contribution in [3.05, 3.63) is 59.7 Å². The fourth-order valence-electron chi connectivity index (χ4n) is 3.16. The maximum absolute atomic E-state index is 12.7. The zero-order chi connectivity index (χ0) is 18.0. The van der Waals surface area contributed by atoms with Gasteiger partial charge >= 0.3 is 5.97 Å². The molecule has 1 N–H and O–H groups in total. The predicted molar refractivity (Wildman–Crippen MR) is 94.1 cm³/mol. The van der Waals surface area contributed by atoms with E-state index in [-0.39, 0.29) is 9.79 Å². The molecular formula is C19H21NO4S. The molecule has 1 aliphatic heterocycles. The van der Waals surface area contributed by atoms with Crippen LogP contribution in [0.1, 0.15) is 24.0 Å². The number of nitrogens with zero attached hydrogens (tertiary/aromatic N) is 1. The Morgan fingerprint density at radius 3 is 2.20 bits per heavy atom. The van der Waals surface area contributed by atoms with Crippen molar-refractivity contribution in [1.82, 2.24) is 4.90 Å². The quantitative estimate of drug-likeness (QED) is 0.888. The third-order valence-corrected chi connectivity index (χ3v) is 6.38. The average Bonchev–Trinajstić information content (AvgIpc) is 3.04. The van der Waals surface area contributed by atoms with Gasteiger partial charge in [-0.1, -0.05) is 29.8 Å². The highest BCUT2D eigenvalue weighted by Crippen LogP contribution is 2.24. The van der Waals surface area contributed by atoms with Crippen LogP contribution in [0, 0.1) is 6.92 Å². The van der Waals surface area contributed by atoms with E-state index in [2.05, 4.69) is 0 Å². The van der Waals surface area contributed by atoms with Gasteiger partial charge in [-0.05, 0) is 56.1 Å². The van der Waals surface area contributed by atoms with Gasteiger partial charge in [0, 0.05) is 6.54 Å². The molecule has 1 fully saturated rings. The number of rotatable bonds is 5. The van der Waals surface area contributed by atoms with Crippen LogP contribution in [0.15, 0.2) is 58.3 Å². The summed E-state index contributed by atoms with van der Waals surface area (Å²) >= 11 is 0. The van der Waals surface area contributed by atoms with Crippen LogP contribution in [0.2, 0.25) is 0 Å². The smallest absolute Gasteiger partial charge is 0.320 e. The molecule has 0 aromatic heterocycles. The SMILES string of the molecule is Cc1ccc(S(=O)(=O)c2ccc(CN3CCC[C@H]3C(=O)O)cc2)cc1. The molecule has 0 bridgehead atoms. The number of carboxylic acid groups (broad SMARTS) is 1. The van der Waals surface area contributed by atoms with Crippen molar-refractivity contribution in [1.29, 1.82) is 0 Å². The monoisotopic (exact) mass is 359 g/mol. The number of benzene rings is 2. The summed E-state index contributed by atoms with van der Waals surface area (Å²) in [6, 6.07) is 13.0. The normalized spacial score (nSPS) is 18.4. The van der Waals surface area contributed by atoms with Crippen molar-refractivity contribution in [3.8, 4) is 0 Å². The maximum Gasteiger partial charge on any atom is 0.320 e. The molecule has 0 saturated carbocycles. The molecule has 2 aromatic carbocycles. The van der Waals surface area contributed by atoms with Crippen LogP contribution in [-0.2, 0) is 21.2 Å². The number of aryl methyl sites for hydroxylation is 1. The minimum absolute atomic E-state index is 0.247. The summed E-state index contributed by atoms with van der Waals surface area (Å²) < 4.78 is 25.3. The van der Waals surface area contributed by atoms with E-state index in [9.17, 15) is 18.3 Å². The zero-order valence-electron chi connectivity index (χ0n) is 14.1. The van der Waals surface area contributed by atoms with Crippen molar-refractivity contribution in [2.24, 2.45) is 0 Å². The lowest BCUT2D eigenvalue weighted by atomic mass is 10.2. The summed E-state index contributed by atoms with van der Waals surface area (Å²) in [6.45, 7) is 3.18. The van der Waals surface area contributed by atoms with Gasteiger partial charge in [0.05, 0.1) is 9.79 Å². The molecule has 132 valence electrons. The first-order valence-corrected chi connectivity index (χ1v) is 9.74. The lowest BCUT2D eigenvalue weighted by Crippen LogP contribution is -2.35. The number of aliphatic carboxylic acids is 1. The summed E-state index contributed by atoms with van der Waals surface area (Å²) in [5.41, 5.74) is 1.92. The third-order valence-electron chi connectivity index (χ3n) is 4.60. The second-order valence-electron chi connectivity index (χ2n) is 6.43. The van der Waals surface area contributed by atoms with Crippen molar-refractivity contribution < 1.29 is 18.3 Å². The summed E-state index contributed by atoms with van der Waals surface area (Å²) in [4.78, 5) is 13.7. The molecule has 6 heteroatoms. The van der Waals surface area contributed by atoms with Gasteiger partial charge in [-0.3, -0.25) is 9.69 Å². The lowest BCUT2D eigenvalue weighted by molar-refractivity contribution is -0.142. The Labute approximate surface area is 147 Å². The van der Waals surface area contributed by atoms with E-state index in [1.54, 1.807) is 48.5 Å². The summed E-state index contributed by atoms with van der Waals surface area (Å²) in [5.74, 6) is -0.795. The summed E-state index contributed by atoms with van der Waals surface area (Å²) in [6.07, 6.45) is 1.53. The van der Waals surface area contributed by atoms with E-state index < -0.39 is 21.8 Å². The first-order valence-electron chi connectivity index (χ1n) is 8.25.